The maximum Gasteiger partial charge on any atom is 0.238 e. The maximum absolute atomic E-state index is 12.4. The van der Waals surface area contributed by atoms with Crippen LogP contribution < -0.4 is 16.0 Å². The number of anilines is 2. The van der Waals surface area contributed by atoms with Gasteiger partial charge in [0.05, 0.1) is 6.54 Å². The molecule has 2 aliphatic heterocycles. The van der Waals surface area contributed by atoms with Crippen LogP contribution in [0.15, 0.2) is 24.3 Å². The molecule has 2 amide bonds. The molecule has 3 rings (SSSR count). The van der Waals surface area contributed by atoms with Crippen molar-refractivity contribution in [3.63, 3.8) is 0 Å². The van der Waals surface area contributed by atoms with E-state index < -0.39 is 0 Å². The van der Waals surface area contributed by atoms with E-state index in [0.717, 1.165) is 43.9 Å². The molecule has 6 heteroatoms. The molecule has 1 aromatic rings. The number of piperidine rings is 1. The minimum atomic E-state index is 0.0254. The number of benzene rings is 1. The Hall–Kier alpha value is -1.92. The monoisotopic (exact) mass is 372 g/mol. The van der Waals surface area contributed by atoms with Crippen molar-refractivity contribution < 1.29 is 9.59 Å². The quantitative estimate of drug-likeness (QED) is 0.743. The second-order valence-corrected chi connectivity index (χ2v) is 7.88. The second kappa shape index (κ2) is 9.85. The van der Waals surface area contributed by atoms with Gasteiger partial charge in [-0.15, -0.1) is 0 Å². The van der Waals surface area contributed by atoms with Crippen LogP contribution in [0.1, 0.15) is 45.4 Å². The molecular formula is C21H32N4O2. The molecule has 1 aromatic carbocycles. The van der Waals surface area contributed by atoms with Crippen LogP contribution in [0.25, 0.3) is 0 Å². The maximum atomic E-state index is 12.4. The van der Waals surface area contributed by atoms with Crippen molar-refractivity contribution in [2.45, 2.75) is 51.5 Å². The highest BCUT2D eigenvalue weighted by Crippen LogP contribution is 2.20. The standard InChI is InChI=1S/C21H32N4O2/c1-16-14-17(10-11-22-16)21(27)24-19-8-6-18(7-9-19)23-20(26)15-25-12-4-2-3-5-13-25/h6-9,16-17,22H,2-5,10-15H2,1H3,(H,23,26)(H,24,27)/t16-,17-/m0/s1. The van der Waals surface area contributed by atoms with Crippen LogP contribution in [0.4, 0.5) is 11.4 Å². The smallest absolute Gasteiger partial charge is 0.238 e. The SMILES string of the molecule is C[C@H]1C[C@@H](C(=O)Nc2ccc(NC(=O)CN3CCCCCC3)cc2)CCN1. The summed E-state index contributed by atoms with van der Waals surface area (Å²) in [6.45, 7) is 5.47. The predicted octanol–water partition coefficient (Wildman–Crippen LogP) is 2.83. The molecule has 0 aliphatic carbocycles. The topological polar surface area (TPSA) is 73.5 Å². The Morgan fingerprint density at radius 2 is 1.67 bits per heavy atom. The van der Waals surface area contributed by atoms with E-state index >= 15 is 0 Å². The minimum absolute atomic E-state index is 0.0254. The molecule has 0 saturated carbocycles. The van der Waals surface area contributed by atoms with Gasteiger partial charge in [-0.1, -0.05) is 12.8 Å². The van der Waals surface area contributed by atoms with Gasteiger partial charge in [0.1, 0.15) is 0 Å². The first-order chi connectivity index (χ1) is 13.1. The van der Waals surface area contributed by atoms with Crippen molar-refractivity contribution in [1.29, 1.82) is 0 Å². The highest BCUT2D eigenvalue weighted by Gasteiger charge is 2.24. The fourth-order valence-electron chi connectivity index (χ4n) is 3.95. The summed E-state index contributed by atoms with van der Waals surface area (Å²) in [5.41, 5.74) is 1.54. The Bertz CT molecular complexity index is 624. The molecule has 2 fully saturated rings. The van der Waals surface area contributed by atoms with Crippen LogP contribution in [0, 0.1) is 5.92 Å². The average molecular weight is 373 g/mol. The number of nitrogens with one attached hydrogen (secondary N) is 3. The van der Waals surface area contributed by atoms with E-state index in [1.54, 1.807) is 0 Å². The highest BCUT2D eigenvalue weighted by molar-refractivity contribution is 5.94. The number of hydrogen-bond acceptors (Lipinski definition) is 4. The van der Waals surface area contributed by atoms with Crippen molar-refractivity contribution in [3.8, 4) is 0 Å². The highest BCUT2D eigenvalue weighted by atomic mass is 16.2. The molecule has 2 heterocycles. The van der Waals surface area contributed by atoms with Gasteiger partial charge in [-0.2, -0.15) is 0 Å². The van der Waals surface area contributed by atoms with Gasteiger partial charge in [0.2, 0.25) is 11.8 Å². The Kier molecular flexibility index (Phi) is 7.24. The molecule has 0 radical (unpaired) electrons. The molecular weight excluding hydrogens is 340 g/mol. The lowest BCUT2D eigenvalue weighted by Crippen LogP contribution is -2.40. The van der Waals surface area contributed by atoms with Crippen molar-refractivity contribution in [3.05, 3.63) is 24.3 Å². The van der Waals surface area contributed by atoms with E-state index in [1.807, 2.05) is 24.3 Å². The van der Waals surface area contributed by atoms with E-state index in [2.05, 4.69) is 27.8 Å². The molecule has 6 nitrogen and oxygen atoms in total. The van der Waals surface area contributed by atoms with Gasteiger partial charge in [-0.25, -0.2) is 0 Å². The molecule has 27 heavy (non-hydrogen) atoms. The first-order valence-corrected chi connectivity index (χ1v) is 10.3. The van der Waals surface area contributed by atoms with Crippen LogP contribution in [0.3, 0.4) is 0 Å². The lowest BCUT2D eigenvalue weighted by molar-refractivity contribution is -0.121. The molecule has 148 valence electrons. The first kappa shape index (κ1) is 19.8. The number of amides is 2. The molecule has 2 atom stereocenters. The summed E-state index contributed by atoms with van der Waals surface area (Å²) >= 11 is 0. The zero-order chi connectivity index (χ0) is 19.1. The third kappa shape index (κ3) is 6.33. The summed E-state index contributed by atoms with van der Waals surface area (Å²) in [6.07, 6.45) is 6.63. The van der Waals surface area contributed by atoms with Gasteiger partial charge >= 0.3 is 0 Å². The Morgan fingerprint density at radius 3 is 2.30 bits per heavy atom. The normalized spacial score (nSPS) is 24.0. The van der Waals surface area contributed by atoms with Gasteiger partial charge in [-0.05, 0) is 76.5 Å². The third-order valence-corrected chi connectivity index (χ3v) is 5.50. The van der Waals surface area contributed by atoms with E-state index in [-0.39, 0.29) is 17.7 Å². The van der Waals surface area contributed by atoms with E-state index in [9.17, 15) is 9.59 Å². The number of rotatable bonds is 5. The summed E-state index contributed by atoms with van der Waals surface area (Å²) in [6, 6.07) is 7.78. The lowest BCUT2D eigenvalue weighted by Gasteiger charge is -2.27. The molecule has 0 bridgehead atoms. The summed E-state index contributed by atoms with van der Waals surface area (Å²) in [5, 5.41) is 9.32. The Balaban J connectivity index is 1.46. The molecule has 0 spiro atoms. The average Bonchev–Trinajstić information content (AvgIpc) is 2.92. The second-order valence-electron chi connectivity index (χ2n) is 7.88. The number of carbonyl (C=O) groups is 2. The number of hydrogen-bond donors (Lipinski definition) is 3. The zero-order valence-electron chi connectivity index (χ0n) is 16.3. The van der Waals surface area contributed by atoms with Gasteiger partial charge in [0.15, 0.2) is 0 Å². The van der Waals surface area contributed by atoms with Gasteiger partial charge in [-0.3, -0.25) is 14.5 Å². The molecule has 0 aromatic heterocycles. The van der Waals surface area contributed by atoms with Crippen molar-refractivity contribution in [1.82, 2.24) is 10.2 Å². The molecule has 2 aliphatic rings. The third-order valence-electron chi connectivity index (χ3n) is 5.50. The summed E-state index contributed by atoms with van der Waals surface area (Å²) in [7, 11) is 0. The minimum Gasteiger partial charge on any atom is -0.326 e. The number of nitrogens with zero attached hydrogens (tertiary/aromatic N) is 1. The molecule has 2 saturated heterocycles. The fourth-order valence-corrected chi connectivity index (χ4v) is 3.95. The zero-order valence-corrected chi connectivity index (χ0v) is 16.3. The Morgan fingerprint density at radius 1 is 1.04 bits per heavy atom. The van der Waals surface area contributed by atoms with Crippen LogP contribution in [0.5, 0.6) is 0 Å². The van der Waals surface area contributed by atoms with Crippen LogP contribution >= 0.6 is 0 Å². The number of carbonyl (C=O) groups excluding carboxylic acids is 2. The van der Waals surface area contributed by atoms with Gasteiger partial charge < -0.3 is 16.0 Å². The van der Waals surface area contributed by atoms with Crippen LogP contribution in [-0.2, 0) is 9.59 Å². The largest absolute Gasteiger partial charge is 0.326 e. The van der Waals surface area contributed by atoms with Crippen molar-refractivity contribution in [2.75, 3.05) is 36.8 Å². The van der Waals surface area contributed by atoms with Gasteiger partial charge in [0.25, 0.3) is 0 Å². The predicted molar refractivity (Wildman–Crippen MR) is 109 cm³/mol. The van der Waals surface area contributed by atoms with E-state index in [4.69, 9.17) is 0 Å². The van der Waals surface area contributed by atoms with Gasteiger partial charge in [0, 0.05) is 23.3 Å². The molecule has 3 N–H and O–H groups in total. The summed E-state index contributed by atoms with van der Waals surface area (Å²) in [5.74, 6) is 0.174. The van der Waals surface area contributed by atoms with Crippen molar-refractivity contribution >= 4 is 23.2 Å². The van der Waals surface area contributed by atoms with E-state index in [1.165, 1.54) is 25.7 Å². The first-order valence-electron chi connectivity index (χ1n) is 10.3. The van der Waals surface area contributed by atoms with Crippen LogP contribution in [-0.4, -0.2) is 48.9 Å². The summed E-state index contributed by atoms with van der Waals surface area (Å²) < 4.78 is 0. The number of likely N-dealkylation sites (tertiary alicyclic amines) is 1. The fraction of sp³-hybridized carbons (Fsp3) is 0.619. The van der Waals surface area contributed by atoms with Crippen molar-refractivity contribution in [2.24, 2.45) is 5.92 Å². The van der Waals surface area contributed by atoms with Crippen LogP contribution in [0.2, 0.25) is 0 Å². The van der Waals surface area contributed by atoms with E-state index in [0.29, 0.717) is 12.6 Å². The lowest BCUT2D eigenvalue weighted by atomic mass is 9.92. The summed E-state index contributed by atoms with van der Waals surface area (Å²) in [4.78, 5) is 26.9. The molecule has 0 unspecified atom stereocenters. The Labute approximate surface area is 162 Å².